The van der Waals surface area contributed by atoms with Crippen molar-refractivity contribution in [3.63, 3.8) is 0 Å². The van der Waals surface area contributed by atoms with Gasteiger partial charge in [-0.25, -0.2) is 4.99 Å². The van der Waals surface area contributed by atoms with Crippen molar-refractivity contribution in [2.24, 2.45) is 12.0 Å². The predicted octanol–water partition coefficient (Wildman–Crippen LogP) is 3.50. The van der Waals surface area contributed by atoms with Crippen molar-refractivity contribution in [3.8, 4) is 5.75 Å². The lowest BCUT2D eigenvalue weighted by atomic mass is 10.0. The van der Waals surface area contributed by atoms with E-state index < -0.39 is 5.25 Å². The maximum Gasteiger partial charge on any atom is 0.271 e. The summed E-state index contributed by atoms with van der Waals surface area (Å²) in [5.41, 5.74) is 1.57. The first-order valence-corrected chi connectivity index (χ1v) is 9.93. The van der Waals surface area contributed by atoms with E-state index in [0.717, 1.165) is 15.9 Å². The van der Waals surface area contributed by atoms with Gasteiger partial charge >= 0.3 is 0 Å². The third-order valence-corrected chi connectivity index (χ3v) is 6.17. The fourth-order valence-corrected chi connectivity index (χ4v) is 4.69. The van der Waals surface area contributed by atoms with Gasteiger partial charge in [-0.15, -0.1) is 0 Å². The van der Waals surface area contributed by atoms with Crippen LogP contribution < -0.4 is 15.9 Å². The highest BCUT2D eigenvalue weighted by atomic mass is 32.2. The Morgan fingerprint density at radius 3 is 2.68 bits per heavy atom. The molecule has 0 aliphatic carbocycles. The van der Waals surface area contributed by atoms with Crippen LogP contribution in [0.5, 0.6) is 5.75 Å². The molecule has 0 bridgehead atoms. The molecule has 0 saturated heterocycles. The van der Waals surface area contributed by atoms with Gasteiger partial charge in [-0.2, -0.15) is 0 Å². The van der Waals surface area contributed by atoms with Crippen LogP contribution in [0.25, 0.3) is 10.9 Å². The molecule has 3 aromatic rings. The largest absolute Gasteiger partial charge is 0.497 e. The molecule has 0 saturated carbocycles. The predicted molar refractivity (Wildman–Crippen MR) is 113 cm³/mol. The molecule has 1 aromatic carbocycles. The summed E-state index contributed by atoms with van der Waals surface area (Å²) in [6, 6.07) is 7.57. The quantitative estimate of drug-likeness (QED) is 0.732. The van der Waals surface area contributed by atoms with E-state index in [1.807, 2.05) is 45.0 Å². The number of nitrogens with one attached hydrogen (secondary N) is 1. The summed E-state index contributed by atoms with van der Waals surface area (Å²) < 4.78 is 8.66. The molecule has 0 unspecified atom stereocenters. The number of hydrogen-bond donors (Lipinski definition) is 1. The van der Waals surface area contributed by atoms with Crippen LogP contribution in [0, 0.1) is 0 Å². The number of benzene rings is 1. The van der Waals surface area contributed by atoms with Crippen LogP contribution >= 0.6 is 11.8 Å². The Hall–Kier alpha value is -2.74. The number of pyridine rings is 1. The molecule has 2 aromatic heterocycles. The van der Waals surface area contributed by atoms with Crippen LogP contribution in [0.15, 0.2) is 38.8 Å². The second kappa shape index (κ2) is 6.70. The second-order valence-electron chi connectivity index (χ2n) is 7.16. The second-order valence-corrected chi connectivity index (χ2v) is 8.46. The number of ether oxygens (including phenoxy) is 1. The van der Waals surface area contributed by atoms with Crippen molar-refractivity contribution < 1.29 is 4.74 Å². The lowest BCUT2D eigenvalue weighted by Gasteiger charge is -2.22. The first-order chi connectivity index (χ1) is 13.3. The van der Waals surface area contributed by atoms with Gasteiger partial charge in [-0.05, 0) is 44.4 Å². The van der Waals surface area contributed by atoms with E-state index in [0.29, 0.717) is 22.7 Å². The number of fused-ring (bicyclic) bond motifs is 2. The number of hydrogen-bond acceptors (Lipinski definition) is 5. The molecule has 1 aliphatic heterocycles. The smallest absolute Gasteiger partial charge is 0.271 e. The van der Waals surface area contributed by atoms with Crippen molar-refractivity contribution in [1.29, 1.82) is 0 Å². The summed E-state index contributed by atoms with van der Waals surface area (Å²) in [5.74, 6) is 1.30. The normalized spacial score (nSPS) is 16.4. The molecule has 4 rings (SSSR count). The number of aliphatic imine (C=N–C) groups is 1. The average Bonchev–Trinajstić information content (AvgIpc) is 3.00. The number of aromatic nitrogens is 3. The highest BCUT2D eigenvalue weighted by Crippen LogP contribution is 2.43. The third-order valence-electron chi connectivity index (χ3n) is 5.01. The Kier molecular flexibility index (Phi) is 4.45. The van der Waals surface area contributed by atoms with Gasteiger partial charge in [0.2, 0.25) is 0 Å². The molecule has 0 spiro atoms. The van der Waals surface area contributed by atoms with E-state index in [2.05, 4.69) is 10.1 Å². The van der Waals surface area contributed by atoms with Crippen molar-refractivity contribution >= 4 is 33.5 Å². The van der Waals surface area contributed by atoms with Crippen LogP contribution in [0.4, 0.5) is 5.82 Å². The van der Waals surface area contributed by atoms with Crippen LogP contribution in [0.3, 0.4) is 0 Å². The zero-order valence-electron chi connectivity index (χ0n) is 16.4. The zero-order valence-corrected chi connectivity index (χ0v) is 17.3. The molecule has 1 atom stereocenters. The minimum absolute atomic E-state index is 0.0589. The van der Waals surface area contributed by atoms with E-state index in [-0.39, 0.29) is 17.2 Å². The van der Waals surface area contributed by atoms with Gasteiger partial charge in [0.15, 0.2) is 5.82 Å². The molecule has 8 heteroatoms. The third kappa shape index (κ3) is 2.79. The van der Waals surface area contributed by atoms with Gasteiger partial charge < -0.3 is 9.30 Å². The van der Waals surface area contributed by atoms with Crippen LogP contribution in [0.2, 0.25) is 0 Å². The molecule has 7 nitrogen and oxygen atoms in total. The average molecular weight is 398 g/mol. The number of methoxy groups -OCH3 is 1. The van der Waals surface area contributed by atoms with Gasteiger partial charge in [0.05, 0.1) is 28.5 Å². The summed E-state index contributed by atoms with van der Waals surface area (Å²) >= 11 is 1.44. The van der Waals surface area contributed by atoms with E-state index in [1.54, 1.807) is 23.4 Å². The van der Waals surface area contributed by atoms with Crippen LogP contribution in [-0.4, -0.2) is 26.5 Å². The fraction of sp³-hybridized carbons (Fsp3) is 0.350. The Labute approximate surface area is 166 Å². The number of aryl methyl sites for hydroxylation is 1. The van der Waals surface area contributed by atoms with Gasteiger partial charge in [0.25, 0.3) is 11.1 Å². The Bertz CT molecular complexity index is 1230. The molecule has 0 amide bonds. The summed E-state index contributed by atoms with van der Waals surface area (Å²) in [5, 5.41) is 4.21. The van der Waals surface area contributed by atoms with Crippen molar-refractivity contribution in [2.75, 3.05) is 7.11 Å². The van der Waals surface area contributed by atoms with Gasteiger partial charge in [0.1, 0.15) is 5.75 Å². The van der Waals surface area contributed by atoms with E-state index in [4.69, 9.17) is 4.74 Å². The lowest BCUT2D eigenvalue weighted by molar-refractivity contribution is 0.415. The van der Waals surface area contributed by atoms with Crippen LogP contribution in [0.1, 0.15) is 43.2 Å². The highest BCUT2D eigenvalue weighted by molar-refractivity contribution is 8.14. The van der Waals surface area contributed by atoms with Gasteiger partial charge in [-0.3, -0.25) is 19.4 Å². The Morgan fingerprint density at radius 2 is 2.00 bits per heavy atom. The fourth-order valence-electron chi connectivity index (χ4n) is 3.59. The SMILES string of the molecule is COc1ccc2cc([C@H]3SC(C)=Nc4c3c(=O)[nH]n4C(C)C)c(=O)n(C)c2c1. The molecular weight excluding hydrogens is 376 g/mol. The molecule has 146 valence electrons. The molecular formula is C20H22N4O3S. The monoisotopic (exact) mass is 398 g/mol. The molecule has 0 radical (unpaired) electrons. The highest BCUT2D eigenvalue weighted by Gasteiger charge is 2.32. The minimum atomic E-state index is -0.401. The number of rotatable bonds is 3. The summed E-state index contributed by atoms with van der Waals surface area (Å²) in [6.45, 7) is 5.87. The van der Waals surface area contributed by atoms with E-state index in [1.165, 1.54) is 11.8 Å². The van der Waals surface area contributed by atoms with Crippen molar-refractivity contribution in [1.82, 2.24) is 14.3 Å². The van der Waals surface area contributed by atoms with Crippen molar-refractivity contribution in [3.05, 3.63) is 56.1 Å². The van der Waals surface area contributed by atoms with E-state index >= 15 is 0 Å². The molecule has 0 fully saturated rings. The number of thioether (sulfide) groups is 1. The summed E-state index contributed by atoms with van der Waals surface area (Å²) in [4.78, 5) is 30.5. The summed E-state index contributed by atoms with van der Waals surface area (Å²) in [7, 11) is 3.34. The standard InChI is InChI=1S/C20H22N4O3S/c1-10(2)24-18-16(19(25)22-24)17(28-11(3)21-18)14-8-12-6-7-13(27-5)9-15(12)23(4)20(14)26/h6-10,17H,1-5H3,(H,22,25)/t17-/m1/s1. The first-order valence-electron chi connectivity index (χ1n) is 9.05. The molecule has 3 heterocycles. The first kappa shape index (κ1) is 18.6. The Balaban J connectivity index is 1.97. The van der Waals surface area contributed by atoms with Gasteiger partial charge in [-0.1, -0.05) is 11.8 Å². The molecule has 28 heavy (non-hydrogen) atoms. The minimum Gasteiger partial charge on any atom is -0.497 e. The topological polar surface area (TPSA) is 81.4 Å². The maximum absolute atomic E-state index is 13.2. The molecule has 1 aliphatic rings. The van der Waals surface area contributed by atoms with Crippen molar-refractivity contribution in [2.45, 2.75) is 32.1 Å². The maximum atomic E-state index is 13.2. The van der Waals surface area contributed by atoms with E-state index in [9.17, 15) is 9.59 Å². The number of aromatic amines is 1. The zero-order chi connectivity index (χ0) is 20.2. The van der Waals surface area contributed by atoms with Crippen LogP contribution in [-0.2, 0) is 7.05 Å². The number of nitrogens with zero attached hydrogens (tertiary/aromatic N) is 3. The van der Waals surface area contributed by atoms with Gasteiger partial charge in [0, 0.05) is 24.7 Å². The number of H-pyrrole nitrogens is 1. The lowest BCUT2D eigenvalue weighted by Crippen LogP contribution is -2.25. The summed E-state index contributed by atoms with van der Waals surface area (Å²) in [6.07, 6.45) is 0. The Morgan fingerprint density at radius 1 is 1.25 bits per heavy atom. The molecule has 1 N–H and O–H groups in total.